The van der Waals surface area contributed by atoms with Crippen molar-refractivity contribution in [1.29, 1.82) is 0 Å². The first-order valence-corrected chi connectivity index (χ1v) is 12.7. The van der Waals surface area contributed by atoms with Crippen LogP contribution in [-0.2, 0) is 34.2 Å². The van der Waals surface area contributed by atoms with Gasteiger partial charge in [-0.15, -0.1) is 11.3 Å². The van der Waals surface area contributed by atoms with Gasteiger partial charge in [-0.3, -0.25) is 4.79 Å². The predicted molar refractivity (Wildman–Crippen MR) is 115 cm³/mol. The predicted octanol–water partition coefficient (Wildman–Crippen LogP) is 4.03. The van der Waals surface area contributed by atoms with Crippen LogP contribution in [0.3, 0.4) is 0 Å². The van der Waals surface area contributed by atoms with E-state index in [1.807, 2.05) is 36.1 Å². The zero-order valence-corrected chi connectivity index (χ0v) is 18.6. The number of aryl methyl sites for hydroxylation is 1. The van der Waals surface area contributed by atoms with E-state index < -0.39 is 10.0 Å². The van der Waals surface area contributed by atoms with Crippen LogP contribution in [0.2, 0.25) is 0 Å². The van der Waals surface area contributed by atoms with E-state index in [0.29, 0.717) is 17.3 Å². The SMILES string of the molecule is CCc1ccc([C@@H](C)NS(=O)(=O)c2cc3c(s2)CCN(C(=O)C2CCC2)C3)cc1. The Morgan fingerprint density at radius 2 is 2.00 bits per heavy atom. The Balaban J connectivity index is 1.46. The number of benzene rings is 1. The van der Waals surface area contributed by atoms with Gasteiger partial charge in [-0.25, -0.2) is 13.1 Å². The maximum absolute atomic E-state index is 13.0. The lowest BCUT2D eigenvalue weighted by molar-refractivity contribution is -0.139. The van der Waals surface area contributed by atoms with Crippen LogP contribution in [0.1, 0.15) is 60.7 Å². The van der Waals surface area contributed by atoms with Crippen molar-refractivity contribution in [3.05, 3.63) is 51.9 Å². The molecule has 2 heterocycles. The Labute approximate surface area is 177 Å². The van der Waals surface area contributed by atoms with Gasteiger partial charge in [0.2, 0.25) is 5.91 Å². The first kappa shape index (κ1) is 20.6. The monoisotopic (exact) mass is 432 g/mol. The van der Waals surface area contributed by atoms with E-state index in [2.05, 4.69) is 11.6 Å². The molecule has 1 fully saturated rings. The van der Waals surface area contributed by atoms with Crippen LogP contribution in [0.25, 0.3) is 0 Å². The first-order chi connectivity index (χ1) is 13.9. The highest BCUT2D eigenvalue weighted by Gasteiger charge is 2.32. The van der Waals surface area contributed by atoms with Crippen molar-refractivity contribution in [2.45, 2.75) is 62.7 Å². The molecular formula is C22H28N2O3S2. The summed E-state index contributed by atoms with van der Waals surface area (Å²) in [4.78, 5) is 15.5. The minimum Gasteiger partial charge on any atom is -0.338 e. The summed E-state index contributed by atoms with van der Waals surface area (Å²) in [5.74, 6) is 0.416. The summed E-state index contributed by atoms with van der Waals surface area (Å²) in [5, 5.41) is 0. The maximum Gasteiger partial charge on any atom is 0.250 e. The molecule has 1 N–H and O–H groups in total. The van der Waals surface area contributed by atoms with Crippen LogP contribution in [-0.4, -0.2) is 25.8 Å². The molecule has 1 aliphatic heterocycles. The average molecular weight is 433 g/mol. The van der Waals surface area contributed by atoms with Crippen molar-refractivity contribution in [2.75, 3.05) is 6.54 Å². The van der Waals surface area contributed by atoms with E-state index in [1.165, 1.54) is 16.9 Å². The minimum absolute atomic E-state index is 0.181. The third kappa shape index (κ3) is 4.27. The molecule has 2 aliphatic rings. The Kier molecular flexibility index (Phi) is 5.82. The fourth-order valence-electron chi connectivity index (χ4n) is 3.94. The highest BCUT2D eigenvalue weighted by molar-refractivity contribution is 7.91. The summed E-state index contributed by atoms with van der Waals surface area (Å²) in [5.41, 5.74) is 3.16. The number of carbonyl (C=O) groups is 1. The number of nitrogens with one attached hydrogen (secondary N) is 1. The molecule has 0 unspecified atom stereocenters. The van der Waals surface area contributed by atoms with Gasteiger partial charge in [0, 0.05) is 29.9 Å². The van der Waals surface area contributed by atoms with E-state index in [4.69, 9.17) is 0 Å². The van der Waals surface area contributed by atoms with Gasteiger partial charge in [0.25, 0.3) is 10.0 Å². The zero-order valence-electron chi connectivity index (χ0n) is 17.0. The van der Waals surface area contributed by atoms with E-state index >= 15 is 0 Å². The fraction of sp³-hybridized carbons (Fsp3) is 0.500. The molecule has 1 aromatic heterocycles. The molecule has 1 atom stereocenters. The number of hydrogen-bond donors (Lipinski definition) is 1. The molecule has 2 aromatic rings. The third-order valence-corrected chi connectivity index (χ3v) is 9.35. The van der Waals surface area contributed by atoms with Crippen molar-refractivity contribution in [2.24, 2.45) is 5.92 Å². The Morgan fingerprint density at radius 3 is 2.62 bits per heavy atom. The number of nitrogens with zero attached hydrogens (tertiary/aromatic N) is 1. The standard InChI is InChI=1S/C22H28N2O3S2/c1-3-16-7-9-17(10-8-16)15(2)23-29(26,27)21-13-19-14-24(12-11-20(19)28-21)22(25)18-5-4-6-18/h7-10,13,15,18,23H,3-6,11-12,14H2,1-2H3/t15-/m1/s1. The molecule has 29 heavy (non-hydrogen) atoms. The van der Waals surface area contributed by atoms with Gasteiger partial charge in [-0.2, -0.15) is 0 Å². The van der Waals surface area contributed by atoms with Gasteiger partial charge >= 0.3 is 0 Å². The van der Waals surface area contributed by atoms with Gasteiger partial charge < -0.3 is 4.90 Å². The quantitative estimate of drug-likeness (QED) is 0.749. The number of hydrogen-bond acceptors (Lipinski definition) is 4. The van der Waals surface area contributed by atoms with Gasteiger partial charge in [0.05, 0.1) is 0 Å². The second-order valence-electron chi connectivity index (χ2n) is 8.09. The smallest absolute Gasteiger partial charge is 0.250 e. The van der Waals surface area contributed by atoms with E-state index in [0.717, 1.165) is 48.1 Å². The molecule has 4 rings (SSSR count). The number of fused-ring (bicyclic) bond motifs is 1. The minimum atomic E-state index is -3.60. The molecule has 1 aromatic carbocycles. The molecular weight excluding hydrogens is 404 g/mol. The molecule has 0 bridgehead atoms. The van der Waals surface area contributed by atoms with Gasteiger partial charge in [0.15, 0.2) is 0 Å². The largest absolute Gasteiger partial charge is 0.338 e. The van der Waals surface area contributed by atoms with Crippen LogP contribution in [0.4, 0.5) is 0 Å². The van der Waals surface area contributed by atoms with E-state index in [1.54, 1.807) is 6.07 Å². The van der Waals surface area contributed by atoms with Crippen LogP contribution in [0.15, 0.2) is 34.5 Å². The Hall–Kier alpha value is -1.70. The summed E-state index contributed by atoms with van der Waals surface area (Å²) >= 11 is 1.34. The summed E-state index contributed by atoms with van der Waals surface area (Å²) in [6.45, 7) is 5.19. The van der Waals surface area contributed by atoms with Crippen LogP contribution >= 0.6 is 11.3 Å². The number of rotatable bonds is 6. The van der Waals surface area contributed by atoms with Crippen LogP contribution in [0, 0.1) is 5.92 Å². The van der Waals surface area contributed by atoms with Crippen molar-refractivity contribution in [1.82, 2.24) is 9.62 Å². The highest BCUT2D eigenvalue weighted by Crippen LogP contribution is 2.34. The number of sulfonamides is 1. The number of amides is 1. The number of thiophene rings is 1. The average Bonchev–Trinajstić information content (AvgIpc) is 3.10. The lowest BCUT2D eigenvalue weighted by Gasteiger charge is -2.33. The van der Waals surface area contributed by atoms with Gasteiger partial charge in [-0.1, -0.05) is 37.6 Å². The second kappa shape index (κ2) is 8.20. The molecule has 1 aliphatic carbocycles. The zero-order chi connectivity index (χ0) is 20.6. The Bertz CT molecular complexity index is 992. The van der Waals surface area contributed by atoms with Crippen LogP contribution < -0.4 is 4.72 Å². The van der Waals surface area contributed by atoms with E-state index in [-0.39, 0.29) is 17.9 Å². The lowest BCUT2D eigenvalue weighted by Crippen LogP contribution is -2.41. The van der Waals surface area contributed by atoms with E-state index in [9.17, 15) is 13.2 Å². The van der Waals surface area contributed by atoms with Crippen molar-refractivity contribution >= 4 is 27.3 Å². The lowest BCUT2D eigenvalue weighted by atomic mass is 9.84. The molecule has 5 nitrogen and oxygen atoms in total. The third-order valence-electron chi connectivity index (χ3n) is 6.09. The summed E-state index contributed by atoms with van der Waals surface area (Å²) in [6.07, 6.45) is 4.82. The van der Waals surface area contributed by atoms with Crippen molar-refractivity contribution in [3.8, 4) is 0 Å². The van der Waals surface area contributed by atoms with Crippen molar-refractivity contribution < 1.29 is 13.2 Å². The molecule has 0 radical (unpaired) electrons. The maximum atomic E-state index is 13.0. The van der Waals surface area contributed by atoms with Gasteiger partial charge in [-0.05, 0) is 55.4 Å². The second-order valence-corrected chi connectivity index (χ2v) is 11.2. The Morgan fingerprint density at radius 1 is 1.28 bits per heavy atom. The topological polar surface area (TPSA) is 66.5 Å². The summed E-state index contributed by atoms with van der Waals surface area (Å²) in [6, 6.07) is 9.50. The normalized spacial score (nSPS) is 18.2. The molecule has 156 valence electrons. The molecule has 0 spiro atoms. The molecule has 7 heteroatoms. The summed E-state index contributed by atoms with van der Waals surface area (Å²) in [7, 11) is -3.60. The molecule has 0 saturated heterocycles. The summed E-state index contributed by atoms with van der Waals surface area (Å²) < 4.78 is 29.1. The van der Waals surface area contributed by atoms with Crippen molar-refractivity contribution in [3.63, 3.8) is 0 Å². The van der Waals surface area contributed by atoms with Gasteiger partial charge in [0.1, 0.15) is 4.21 Å². The first-order valence-electron chi connectivity index (χ1n) is 10.4. The molecule has 1 amide bonds. The van der Waals surface area contributed by atoms with Crippen LogP contribution in [0.5, 0.6) is 0 Å². The highest BCUT2D eigenvalue weighted by atomic mass is 32.2. The fourth-order valence-corrected chi connectivity index (χ4v) is 6.73. The number of carbonyl (C=O) groups excluding carboxylic acids is 1. The molecule has 1 saturated carbocycles.